The largest absolute Gasteiger partial charge is 0.370 e. The molecule has 172 valence electrons. The second kappa shape index (κ2) is 9.85. The Morgan fingerprint density at radius 2 is 1.67 bits per heavy atom. The van der Waals surface area contributed by atoms with Gasteiger partial charge in [-0.05, 0) is 80.8 Å². The fourth-order valence-corrected chi connectivity index (χ4v) is 5.12. The number of nitrogens with one attached hydrogen (secondary N) is 2. The van der Waals surface area contributed by atoms with Crippen molar-refractivity contribution in [3.63, 3.8) is 0 Å². The van der Waals surface area contributed by atoms with Gasteiger partial charge < -0.3 is 10.2 Å². The van der Waals surface area contributed by atoms with E-state index in [4.69, 9.17) is 11.6 Å². The standard InChI is InChI=1S/C25H26ClN3O3S/c1-18-6-5-7-19(16-18)25(30)27-23-17-22(12-13-24(23)29-14-3-2-4-15-29)33(31,32)28-21-10-8-20(26)9-11-21/h5-13,16-17,28H,2-4,14-15H2,1H3,(H,27,30). The van der Waals surface area contributed by atoms with Crippen molar-refractivity contribution < 1.29 is 13.2 Å². The van der Waals surface area contributed by atoms with Gasteiger partial charge in [0.05, 0.1) is 16.3 Å². The Labute approximate surface area is 199 Å². The van der Waals surface area contributed by atoms with Crippen LogP contribution in [0.5, 0.6) is 0 Å². The van der Waals surface area contributed by atoms with Crippen molar-refractivity contribution in [1.29, 1.82) is 0 Å². The highest BCUT2D eigenvalue weighted by atomic mass is 35.5. The summed E-state index contributed by atoms with van der Waals surface area (Å²) < 4.78 is 28.7. The molecule has 0 spiro atoms. The monoisotopic (exact) mass is 483 g/mol. The molecule has 0 unspecified atom stereocenters. The van der Waals surface area contributed by atoms with Crippen molar-refractivity contribution in [2.24, 2.45) is 0 Å². The first-order valence-corrected chi connectivity index (χ1v) is 12.7. The molecule has 1 aliphatic rings. The van der Waals surface area contributed by atoms with Crippen LogP contribution >= 0.6 is 11.6 Å². The van der Waals surface area contributed by atoms with Gasteiger partial charge >= 0.3 is 0 Å². The average Bonchev–Trinajstić information content (AvgIpc) is 2.81. The van der Waals surface area contributed by atoms with Crippen LogP contribution in [0.2, 0.25) is 5.02 Å². The maximum Gasteiger partial charge on any atom is 0.261 e. The predicted molar refractivity (Wildman–Crippen MR) is 134 cm³/mol. The van der Waals surface area contributed by atoms with Gasteiger partial charge in [0.25, 0.3) is 15.9 Å². The molecule has 2 N–H and O–H groups in total. The average molecular weight is 484 g/mol. The van der Waals surface area contributed by atoms with Crippen LogP contribution in [0.25, 0.3) is 0 Å². The van der Waals surface area contributed by atoms with Crippen LogP contribution < -0.4 is 14.9 Å². The van der Waals surface area contributed by atoms with Crippen LogP contribution in [-0.4, -0.2) is 27.4 Å². The van der Waals surface area contributed by atoms with Gasteiger partial charge in [-0.2, -0.15) is 0 Å². The first-order chi connectivity index (χ1) is 15.8. The SMILES string of the molecule is Cc1cccc(C(=O)Nc2cc(S(=O)(=O)Nc3ccc(Cl)cc3)ccc2N2CCCCC2)c1. The van der Waals surface area contributed by atoms with Gasteiger partial charge in [-0.3, -0.25) is 9.52 Å². The third-order valence-electron chi connectivity index (χ3n) is 5.60. The lowest BCUT2D eigenvalue weighted by atomic mass is 10.1. The Bertz CT molecular complexity index is 1250. The first kappa shape index (κ1) is 23.1. The Morgan fingerprint density at radius 1 is 0.939 bits per heavy atom. The number of sulfonamides is 1. The van der Waals surface area contributed by atoms with E-state index < -0.39 is 10.0 Å². The summed E-state index contributed by atoms with van der Waals surface area (Å²) in [6.07, 6.45) is 3.28. The zero-order valence-corrected chi connectivity index (χ0v) is 19.9. The molecule has 4 rings (SSSR count). The summed E-state index contributed by atoms with van der Waals surface area (Å²) in [6.45, 7) is 3.65. The highest BCUT2D eigenvalue weighted by Crippen LogP contribution is 2.32. The molecule has 8 heteroatoms. The van der Waals surface area contributed by atoms with Gasteiger partial charge in [-0.1, -0.05) is 29.3 Å². The minimum absolute atomic E-state index is 0.0674. The van der Waals surface area contributed by atoms with E-state index in [-0.39, 0.29) is 10.8 Å². The highest BCUT2D eigenvalue weighted by molar-refractivity contribution is 7.92. The zero-order chi connectivity index (χ0) is 23.4. The van der Waals surface area contributed by atoms with Crippen molar-refractivity contribution >= 4 is 44.6 Å². The maximum atomic E-state index is 13.1. The lowest BCUT2D eigenvalue weighted by Gasteiger charge is -2.31. The van der Waals surface area contributed by atoms with Crippen molar-refractivity contribution in [3.8, 4) is 0 Å². The van der Waals surface area contributed by atoms with Crippen LogP contribution in [-0.2, 0) is 10.0 Å². The number of carbonyl (C=O) groups is 1. The van der Waals surface area contributed by atoms with Crippen molar-refractivity contribution in [2.45, 2.75) is 31.1 Å². The molecule has 0 atom stereocenters. The number of amides is 1. The normalized spacial score (nSPS) is 14.1. The minimum Gasteiger partial charge on any atom is -0.370 e. The smallest absolute Gasteiger partial charge is 0.261 e. The molecule has 0 saturated carbocycles. The van der Waals surface area contributed by atoms with Crippen LogP contribution in [0.15, 0.2) is 71.6 Å². The quantitative estimate of drug-likeness (QED) is 0.472. The number of benzene rings is 3. The van der Waals surface area contributed by atoms with Crippen molar-refractivity contribution in [3.05, 3.63) is 82.9 Å². The number of hydrogen-bond donors (Lipinski definition) is 2. The molecule has 3 aromatic carbocycles. The summed E-state index contributed by atoms with van der Waals surface area (Å²) in [5, 5.41) is 3.46. The minimum atomic E-state index is -3.87. The van der Waals surface area contributed by atoms with E-state index in [1.807, 2.05) is 19.1 Å². The molecule has 1 amide bonds. The van der Waals surface area contributed by atoms with Gasteiger partial charge in [0, 0.05) is 29.4 Å². The number of rotatable bonds is 6. The summed E-state index contributed by atoms with van der Waals surface area (Å²) in [5.41, 5.74) is 3.20. The summed E-state index contributed by atoms with van der Waals surface area (Å²) in [6, 6.07) is 18.6. The van der Waals surface area contributed by atoms with Crippen LogP contribution in [0.3, 0.4) is 0 Å². The van der Waals surface area contributed by atoms with E-state index in [9.17, 15) is 13.2 Å². The highest BCUT2D eigenvalue weighted by Gasteiger charge is 2.21. The zero-order valence-electron chi connectivity index (χ0n) is 18.3. The topological polar surface area (TPSA) is 78.5 Å². The molecular weight excluding hydrogens is 458 g/mol. The number of anilines is 3. The molecule has 1 heterocycles. The Morgan fingerprint density at radius 3 is 2.36 bits per heavy atom. The Kier molecular flexibility index (Phi) is 6.91. The van der Waals surface area contributed by atoms with E-state index in [0.717, 1.165) is 37.2 Å². The summed E-state index contributed by atoms with van der Waals surface area (Å²) in [4.78, 5) is 15.2. The molecule has 0 aliphatic carbocycles. The predicted octanol–water partition coefficient (Wildman–Crippen LogP) is 5.69. The van der Waals surface area contributed by atoms with E-state index >= 15 is 0 Å². The number of piperidine rings is 1. The number of halogens is 1. The fraction of sp³-hybridized carbons (Fsp3) is 0.240. The first-order valence-electron chi connectivity index (χ1n) is 10.9. The van der Waals surface area contributed by atoms with E-state index in [1.165, 1.54) is 12.5 Å². The summed E-state index contributed by atoms with van der Waals surface area (Å²) in [5.74, 6) is -0.280. The third kappa shape index (κ3) is 5.67. The van der Waals surface area contributed by atoms with Crippen molar-refractivity contribution in [1.82, 2.24) is 0 Å². The molecule has 0 radical (unpaired) electrons. The maximum absolute atomic E-state index is 13.1. The molecule has 0 aromatic heterocycles. The number of nitrogens with zero attached hydrogens (tertiary/aromatic N) is 1. The van der Waals surface area contributed by atoms with Gasteiger partial charge in [-0.15, -0.1) is 0 Å². The molecule has 33 heavy (non-hydrogen) atoms. The summed E-state index contributed by atoms with van der Waals surface area (Å²) in [7, 11) is -3.87. The lowest BCUT2D eigenvalue weighted by Crippen LogP contribution is -2.30. The van der Waals surface area contributed by atoms with Crippen LogP contribution in [0.1, 0.15) is 35.2 Å². The Hall–Kier alpha value is -3.03. The number of carbonyl (C=O) groups excluding carboxylic acids is 1. The van der Waals surface area contributed by atoms with Gasteiger partial charge in [0.15, 0.2) is 0 Å². The van der Waals surface area contributed by atoms with E-state index in [0.29, 0.717) is 22.0 Å². The summed E-state index contributed by atoms with van der Waals surface area (Å²) >= 11 is 5.90. The molecular formula is C25H26ClN3O3S. The molecule has 1 aliphatic heterocycles. The number of aryl methyl sites for hydroxylation is 1. The van der Waals surface area contributed by atoms with Crippen LogP contribution in [0.4, 0.5) is 17.1 Å². The molecule has 3 aromatic rings. The van der Waals surface area contributed by atoms with E-state index in [2.05, 4.69) is 14.9 Å². The van der Waals surface area contributed by atoms with Gasteiger partial charge in [0.1, 0.15) is 0 Å². The Balaban J connectivity index is 1.67. The van der Waals surface area contributed by atoms with Gasteiger partial charge in [0.2, 0.25) is 0 Å². The van der Waals surface area contributed by atoms with Crippen molar-refractivity contribution in [2.75, 3.05) is 28.0 Å². The molecule has 0 bridgehead atoms. The van der Waals surface area contributed by atoms with Crippen LogP contribution in [0, 0.1) is 6.92 Å². The second-order valence-electron chi connectivity index (χ2n) is 8.16. The molecule has 1 fully saturated rings. The second-order valence-corrected chi connectivity index (χ2v) is 10.3. The number of hydrogen-bond acceptors (Lipinski definition) is 4. The van der Waals surface area contributed by atoms with Gasteiger partial charge in [-0.25, -0.2) is 8.42 Å². The fourth-order valence-electron chi connectivity index (χ4n) is 3.91. The third-order valence-corrected chi connectivity index (χ3v) is 7.23. The van der Waals surface area contributed by atoms with E-state index in [1.54, 1.807) is 48.5 Å². The molecule has 1 saturated heterocycles. The molecule has 6 nitrogen and oxygen atoms in total. The lowest BCUT2D eigenvalue weighted by molar-refractivity contribution is 0.102.